The average Bonchev–Trinajstić information content (AvgIpc) is 3.17. The molecule has 0 radical (unpaired) electrons. The molecular weight excluding hydrogens is 684 g/mol. The Balaban J connectivity index is 2.22. The van der Waals surface area contributed by atoms with Gasteiger partial charge in [0.2, 0.25) is 0 Å². The van der Waals surface area contributed by atoms with E-state index in [0.717, 1.165) is 38.5 Å². The lowest BCUT2D eigenvalue weighted by Gasteiger charge is -2.39. The molecule has 0 aromatic carbocycles. The molecule has 318 valence electrons. The van der Waals surface area contributed by atoms with Crippen molar-refractivity contribution in [2.24, 2.45) is 0 Å². The van der Waals surface area contributed by atoms with Crippen LogP contribution in [0.25, 0.3) is 0 Å². The van der Waals surface area contributed by atoms with E-state index in [-0.39, 0.29) is 19.2 Å². The van der Waals surface area contributed by atoms with E-state index in [2.05, 4.69) is 38.2 Å². The molecule has 1 fully saturated rings. The standard InChI is InChI=1S/C45H84O9/c1-3-5-7-9-11-13-15-16-17-18-19-20-21-22-23-25-27-29-31-33-35-51-37-39(38-52-45-44(50)43(49)42(48)40(36-46)54-45)53-41(47)34-32-30-28-26-24-14-12-10-8-6-4-2/h11,13,16-17,39-40,42-46,48-50H,3-10,12,14-15,18-38H2,1-2H3/b13-11-,17-16-. The number of aliphatic hydroxyl groups excluding tert-OH is 4. The van der Waals surface area contributed by atoms with E-state index in [0.29, 0.717) is 13.0 Å². The zero-order valence-corrected chi connectivity index (χ0v) is 34.7. The molecule has 0 saturated carbocycles. The number of carbonyl (C=O) groups excluding carboxylic acids is 1. The number of esters is 1. The van der Waals surface area contributed by atoms with Crippen LogP contribution in [0.15, 0.2) is 24.3 Å². The Morgan fingerprint density at radius 3 is 1.63 bits per heavy atom. The molecule has 54 heavy (non-hydrogen) atoms. The Morgan fingerprint density at radius 1 is 0.593 bits per heavy atom. The van der Waals surface area contributed by atoms with Gasteiger partial charge in [-0.25, -0.2) is 0 Å². The van der Waals surface area contributed by atoms with Crippen LogP contribution in [0.2, 0.25) is 0 Å². The Bertz CT molecular complexity index is 879. The smallest absolute Gasteiger partial charge is 0.306 e. The topological polar surface area (TPSA) is 135 Å². The first kappa shape index (κ1) is 50.7. The summed E-state index contributed by atoms with van der Waals surface area (Å²) in [5, 5.41) is 40.1. The molecule has 1 heterocycles. The normalized spacial score (nSPS) is 21.0. The predicted molar refractivity (Wildman–Crippen MR) is 219 cm³/mol. The van der Waals surface area contributed by atoms with Crippen LogP contribution in [0.5, 0.6) is 0 Å². The van der Waals surface area contributed by atoms with Gasteiger partial charge in [-0.05, 0) is 44.9 Å². The molecular formula is C45H84O9. The van der Waals surface area contributed by atoms with E-state index < -0.39 is 43.4 Å². The summed E-state index contributed by atoms with van der Waals surface area (Å²) in [5.41, 5.74) is 0. The molecule has 6 atom stereocenters. The minimum Gasteiger partial charge on any atom is -0.457 e. The van der Waals surface area contributed by atoms with Crippen LogP contribution >= 0.6 is 0 Å². The summed E-state index contributed by atoms with van der Waals surface area (Å²) in [6.07, 6.45) is 34.9. The highest BCUT2D eigenvalue weighted by atomic mass is 16.7. The fourth-order valence-electron chi connectivity index (χ4n) is 6.82. The summed E-state index contributed by atoms with van der Waals surface area (Å²) >= 11 is 0. The van der Waals surface area contributed by atoms with Crippen LogP contribution in [0.3, 0.4) is 0 Å². The molecule has 9 heteroatoms. The van der Waals surface area contributed by atoms with Crippen LogP contribution in [-0.2, 0) is 23.7 Å². The summed E-state index contributed by atoms with van der Waals surface area (Å²) in [6.45, 7) is 4.53. The third-order valence-corrected chi connectivity index (χ3v) is 10.4. The zero-order chi connectivity index (χ0) is 39.3. The molecule has 9 nitrogen and oxygen atoms in total. The number of carbonyl (C=O) groups is 1. The average molecular weight is 769 g/mol. The first-order chi connectivity index (χ1) is 26.4. The lowest BCUT2D eigenvalue weighted by Crippen LogP contribution is -2.59. The molecule has 1 saturated heterocycles. The highest BCUT2D eigenvalue weighted by molar-refractivity contribution is 5.69. The van der Waals surface area contributed by atoms with E-state index in [1.807, 2.05) is 0 Å². The lowest BCUT2D eigenvalue weighted by atomic mass is 9.99. The van der Waals surface area contributed by atoms with Crippen molar-refractivity contribution in [1.29, 1.82) is 0 Å². The summed E-state index contributed by atoms with van der Waals surface area (Å²) in [6, 6.07) is 0. The van der Waals surface area contributed by atoms with E-state index in [9.17, 15) is 25.2 Å². The molecule has 4 N–H and O–H groups in total. The second kappa shape index (κ2) is 37.3. The maximum Gasteiger partial charge on any atom is 0.306 e. The van der Waals surface area contributed by atoms with Gasteiger partial charge in [-0.1, -0.05) is 167 Å². The maximum absolute atomic E-state index is 12.7. The Morgan fingerprint density at radius 2 is 1.07 bits per heavy atom. The second-order valence-corrected chi connectivity index (χ2v) is 15.5. The molecule has 1 aliphatic heterocycles. The number of ether oxygens (including phenoxy) is 4. The van der Waals surface area contributed by atoms with Crippen LogP contribution in [0.1, 0.15) is 194 Å². The van der Waals surface area contributed by atoms with Crippen molar-refractivity contribution in [2.45, 2.75) is 230 Å². The quantitative estimate of drug-likeness (QED) is 0.0275. The van der Waals surface area contributed by atoms with E-state index >= 15 is 0 Å². The third kappa shape index (κ3) is 28.1. The zero-order valence-electron chi connectivity index (χ0n) is 34.7. The molecule has 6 unspecified atom stereocenters. The van der Waals surface area contributed by atoms with Gasteiger partial charge in [-0.3, -0.25) is 4.79 Å². The fourth-order valence-corrected chi connectivity index (χ4v) is 6.82. The number of hydrogen-bond acceptors (Lipinski definition) is 9. The van der Waals surface area contributed by atoms with Crippen LogP contribution in [0.4, 0.5) is 0 Å². The van der Waals surface area contributed by atoms with Gasteiger partial charge in [-0.2, -0.15) is 0 Å². The van der Waals surface area contributed by atoms with Crippen molar-refractivity contribution in [2.75, 3.05) is 26.4 Å². The van der Waals surface area contributed by atoms with Crippen molar-refractivity contribution < 1.29 is 44.2 Å². The minimum atomic E-state index is -1.53. The minimum absolute atomic E-state index is 0.111. The third-order valence-electron chi connectivity index (χ3n) is 10.4. The van der Waals surface area contributed by atoms with E-state index in [1.54, 1.807) is 0 Å². The molecule has 0 aromatic heterocycles. The largest absolute Gasteiger partial charge is 0.457 e. The van der Waals surface area contributed by atoms with Crippen LogP contribution in [0, 0.1) is 0 Å². The highest BCUT2D eigenvalue weighted by Crippen LogP contribution is 2.22. The van der Waals surface area contributed by atoms with Crippen molar-refractivity contribution in [1.82, 2.24) is 0 Å². The summed E-state index contributed by atoms with van der Waals surface area (Å²) < 4.78 is 22.8. The number of unbranched alkanes of at least 4 members (excludes halogenated alkanes) is 23. The van der Waals surface area contributed by atoms with Crippen LogP contribution in [-0.4, -0.2) is 89.6 Å². The van der Waals surface area contributed by atoms with Gasteiger partial charge in [0.1, 0.15) is 30.5 Å². The molecule has 0 aliphatic carbocycles. The summed E-state index contributed by atoms with van der Waals surface area (Å²) in [4.78, 5) is 12.7. The first-order valence-electron chi connectivity index (χ1n) is 22.4. The number of hydrogen-bond donors (Lipinski definition) is 4. The SMILES string of the molecule is CCCCC/C=C\C/C=C\CCCCCCCCCCCCOCC(COC1OC(CO)C(O)C(O)C1O)OC(=O)CCCCCCCCCCCCC. The second-order valence-electron chi connectivity index (χ2n) is 15.5. The molecule has 1 aliphatic rings. The van der Waals surface area contributed by atoms with Crippen molar-refractivity contribution in [3.05, 3.63) is 24.3 Å². The lowest BCUT2D eigenvalue weighted by molar-refractivity contribution is -0.305. The van der Waals surface area contributed by atoms with E-state index in [4.69, 9.17) is 18.9 Å². The molecule has 0 aromatic rings. The maximum atomic E-state index is 12.7. The molecule has 0 amide bonds. The Kier molecular flexibility index (Phi) is 35.0. The van der Waals surface area contributed by atoms with Crippen molar-refractivity contribution >= 4 is 5.97 Å². The highest BCUT2D eigenvalue weighted by Gasteiger charge is 2.44. The summed E-state index contributed by atoms with van der Waals surface area (Å²) in [5.74, 6) is -0.315. The van der Waals surface area contributed by atoms with Gasteiger partial charge in [0.05, 0.1) is 19.8 Å². The number of allylic oxidation sites excluding steroid dienone is 4. The molecule has 0 spiro atoms. The van der Waals surface area contributed by atoms with Gasteiger partial charge >= 0.3 is 5.97 Å². The summed E-state index contributed by atoms with van der Waals surface area (Å²) in [7, 11) is 0. The van der Waals surface area contributed by atoms with Crippen molar-refractivity contribution in [3.63, 3.8) is 0 Å². The Labute approximate surface area is 330 Å². The predicted octanol–water partition coefficient (Wildman–Crippen LogP) is 9.81. The molecule has 0 bridgehead atoms. The monoisotopic (exact) mass is 769 g/mol. The van der Waals surface area contributed by atoms with Crippen molar-refractivity contribution in [3.8, 4) is 0 Å². The molecule has 1 rings (SSSR count). The van der Waals surface area contributed by atoms with Crippen LogP contribution < -0.4 is 0 Å². The van der Waals surface area contributed by atoms with Gasteiger partial charge in [-0.15, -0.1) is 0 Å². The first-order valence-corrected chi connectivity index (χ1v) is 22.4. The van der Waals surface area contributed by atoms with Gasteiger partial charge < -0.3 is 39.4 Å². The fraction of sp³-hybridized carbons (Fsp3) is 0.889. The van der Waals surface area contributed by atoms with E-state index in [1.165, 1.54) is 135 Å². The van der Waals surface area contributed by atoms with Gasteiger partial charge in [0.25, 0.3) is 0 Å². The van der Waals surface area contributed by atoms with Gasteiger partial charge in [0, 0.05) is 13.0 Å². The number of aliphatic hydroxyl groups is 4. The van der Waals surface area contributed by atoms with Gasteiger partial charge in [0.15, 0.2) is 6.29 Å². The number of rotatable bonds is 38. The Hall–Kier alpha value is -1.33.